The third-order valence-electron chi connectivity index (χ3n) is 18.1. The van der Waals surface area contributed by atoms with Gasteiger partial charge in [-0.15, -0.1) is 11.3 Å². The van der Waals surface area contributed by atoms with E-state index in [1.54, 1.807) is 29.7 Å². The number of nitrogens with zero attached hydrogens (tertiary/aromatic N) is 9. The number of amides is 2. The van der Waals surface area contributed by atoms with Crippen molar-refractivity contribution in [3.05, 3.63) is 82.5 Å². The lowest BCUT2D eigenvalue weighted by Crippen LogP contribution is -2.70. The first-order chi connectivity index (χ1) is 35.2. The monoisotopic (exact) mass is 1010 g/mol. The molecule has 6 bridgehead atoms. The molecule has 5 aliphatic heterocycles. The molecule has 2 aliphatic carbocycles. The van der Waals surface area contributed by atoms with Gasteiger partial charge in [0.2, 0.25) is 5.91 Å². The van der Waals surface area contributed by atoms with E-state index in [1.165, 1.54) is 17.4 Å². The summed E-state index contributed by atoms with van der Waals surface area (Å²) in [6.45, 7) is 13.8. The molecule has 2 amide bonds. The molecule has 12 rings (SSSR count). The van der Waals surface area contributed by atoms with Gasteiger partial charge in [0, 0.05) is 114 Å². The molecular weight excluding hydrogens is 939 g/mol. The van der Waals surface area contributed by atoms with Crippen LogP contribution in [0.5, 0.6) is 0 Å². The molecule has 1 unspecified atom stereocenters. The van der Waals surface area contributed by atoms with Crippen LogP contribution in [-0.2, 0) is 30.3 Å². The summed E-state index contributed by atoms with van der Waals surface area (Å²) in [5, 5.41) is 8.97. The van der Waals surface area contributed by atoms with Gasteiger partial charge in [0.15, 0.2) is 0 Å². The Morgan fingerprint density at radius 1 is 1.03 bits per heavy atom. The number of methoxy groups -OCH3 is 1. The predicted octanol–water partition coefficient (Wildman–Crippen LogP) is 6.81. The van der Waals surface area contributed by atoms with Crippen molar-refractivity contribution in [2.45, 2.75) is 114 Å². The topological polar surface area (TPSA) is 163 Å². The Bertz CT molecular complexity index is 2900. The maximum Gasteiger partial charge on any atom is 0.324 e. The van der Waals surface area contributed by atoms with Crippen LogP contribution >= 0.6 is 11.3 Å². The quantitative estimate of drug-likeness (QED) is 0.156. The van der Waals surface area contributed by atoms with Crippen LogP contribution in [0.1, 0.15) is 112 Å². The van der Waals surface area contributed by atoms with Crippen LogP contribution in [0.15, 0.2) is 60.5 Å². The molecule has 2 N–H and O–H groups in total. The predicted molar refractivity (Wildman–Crippen MR) is 279 cm³/mol. The van der Waals surface area contributed by atoms with Crippen LogP contribution in [0.4, 0.5) is 0 Å². The molecule has 1 spiro atoms. The number of cyclic esters (lactones) is 1. The molecule has 7 aliphatic rings. The lowest BCUT2D eigenvalue weighted by Gasteiger charge is -2.55. The van der Waals surface area contributed by atoms with E-state index in [0.29, 0.717) is 37.6 Å². The fourth-order valence-corrected chi connectivity index (χ4v) is 15.1. The highest BCUT2D eigenvalue weighted by molar-refractivity contribution is 7.10. The summed E-state index contributed by atoms with van der Waals surface area (Å²) in [7, 11) is 6.19. The number of hydrazine groups is 1. The van der Waals surface area contributed by atoms with Gasteiger partial charge in [0.25, 0.3) is 5.91 Å². The summed E-state index contributed by atoms with van der Waals surface area (Å²) in [5.74, 6) is -0.0334. The average molecular weight is 1010 g/mol. The standard InChI is InChI=1S/C56H71N11O5S/c1-32-45(41-15-18-57-31-59-41)46(32)51(68)61-48-50(65-28-56(29-65)16-10-19-64(56)6)52-60-43(27-73-52)34-13-14-44-39(23-34)40(24-55(3,4)30-72-54(70)42-12-9-20-66(62-42)53(48)69)49(38-11-8-17-58-47(38)33(2)71-7)67(44)37-21-35-25-63(5)26-36(35)22-37/h8,11,13-15,17-18,23,27,31-33,35-37,42,45-46,48,50,62H,9-10,12,16,19-22,24-26,28-30H2,1-7H3,(H,61,68)/t32-,33-,35-,36+,37?,42-,45-,46+,48-,50-/m0/s1. The van der Waals surface area contributed by atoms with E-state index in [2.05, 4.69) is 111 Å². The maximum absolute atomic E-state index is 15.5. The van der Waals surface area contributed by atoms with E-state index < -0.39 is 29.5 Å². The van der Waals surface area contributed by atoms with E-state index in [1.807, 2.05) is 18.3 Å². The van der Waals surface area contributed by atoms with Crippen LogP contribution in [0, 0.1) is 29.1 Å². The van der Waals surface area contributed by atoms with Gasteiger partial charge in [-0.2, -0.15) is 0 Å². The van der Waals surface area contributed by atoms with Crippen LogP contribution in [0.3, 0.4) is 0 Å². The second kappa shape index (κ2) is 18.9. The molecule has 2 saturated carbocycles. The van der Waals surface area contributed by atoms with Gasteiger partial charge in [0.05, 0.1) is 35.8 Å². The average Bonchev–Trinajstić information content (AvgIpc) is 3.99. The van der Waals surface area contributed by atoms with Gasteiger partial charge in [-0.3, -0.25) is 34.2 Å². The van der Waals surface area contributed by atoms with Crippen LogP contribution in [0.25, 0.3) is 33.4 Å². The van der Waals surface area contributed by atoms with Gasteiger partial charge < -0.3 is 24.3 Å². The molecule has 73 heavy (non-hydrogen) atoms. The van der Waals surface area contributed by atoms with Crippen molar-refractivity contribution in [1.82, 2.24) is 55.0 Å². The Labute approximate surface area is 432 Å². The Balaban J connectivity index is 1.01. The lowest BCUT2D eigenvalue weighted by atomic mass is 9.84. The summed E-state index contributed by atoms with van der Waals surface area (Å²) in [4.78, 5) is 71.1. The van der Waals surface area contributed by atoms with Crippen molar-refractivity contribution in [1.29, 1.82) is 0 Å². The number of likely N-dealkylation sites (N-methyl/N-ethyl adjacent to an activating group) is 1. The number of likely N-dealkylation sites (tertiary alicyclic amines) is 3. The third-order valence-corrected chi connectivity index (χ3v) is 19.0. The number of rotatable bonds is 8. The summed E-state index contributed by atoms with van der Waals surface area (Å²) >= 11 is 1.55. The molecule has 10 atom stereocenters. The highest BCUT2D eigenvalue weighted by Crippen LogP contribution is 2.54. The molecule has 4 aromatic heterocycles. The first kappa shape index (κ1) is 48.8. The minimum absolute atomic E-state index is 0.00575. The first-order valence-corrected chi connectivity index (χ1v) is 27.6. The summed E-state index contributed by atoms with van der Waals surface area (Å²) in [5.41, 5.74) is 10.9. The molecule has 6 fully saturated rings. The number of esters is 1. The Hall–Kier alpha value is -5.17. The van der Waals surface area contributed by atoms with Crippen LogP contribution < -0.4 is 10.7 Å². The van der Waals surface area contributed by atoms with E-state index in [-0.39, 0.29) is 53.9 Å². The zero-order valence-electron chi connectivity index (χ0n) is 43.4. The van der Waals surface area contributed by atoms with Gasteiger partial charge in [-0.1, -0.05) is 26.8 Å². The van der Waals surface area contributed by atoms with E-state index in [9.17, 15) is 9.59 Å². The molecule has 5 aromatic rings. The number of hydrogen-bond acceptors (Lipinski definition) is 14. The number of benzene rings is 1. The van der Waals surface area contributed by atoms with Crippen molar-refractivity contribution < 1.29 is 23.9 Å². The fraction of sp³-hybridized carbons (Fsp3) is 0.589. The minimum Gasteiger partial charge on any atom is -0.464 e. The fourth-order valence-electron chi connectivity index (χ4n) is 14.1. The van der Waals surface area contributed by atoms with Crippen molar-refractivity contribution in [2.24, 2.45) is 29.1 Å². The Kier molecular flexibility index (Phi) is 12.6. The summed E-state index contributed by atoms with van der Waals surface area (Å²) < 4.78 is 15.0. The second-order valence-corrected chi connectivity index (χ2v) is 24.5. The first-order valence-electron chi connectivity index (χ1n) is 26.8. The Morgan fingerprint density at radius 3 is 2.58 bits per heavy atom. The molecule has 1 aromatic carbocycles. The maximum atomic E-state index is 15.5. The number of fused-ring (bicyclic) bond motifs is 7. The highest BCUT2D eigenvalue weighted by Gasteiger charge is 2.57. The second-order valence-electron chi connectivity index (χ2n) is 23.6. The van der Waals surface area contributed by atoms with Crippen LogP contribution in [-0.4, -0.2) is 147 Å². The smallest absolute Gasteiger partial charge is 0.324 e. The van der Waals surface area contributed by atoms with Gasteiger partial charge >= 0.3 is 5.97 Å². The van der Waals surface area contributed by atoms with Crippen LogP contribution in [0.2, 0.25) is 0 Å². The highest BCUT2D eigenvalue weighted by atomic mass is 32.1. The molecule has 17 heteroatoms. The lowest BCUT2D eigenvalue weighted by molar-refractivity contribution is -0.156. The number of ether oxygens (including phenoxy) is 2. The number of aromatic nitrogens is 5. The van der Waals surface area contributed by atoms with E-state index >= 15 is 4.79 Å². The molecular formula is C56H71N11O5S. The minimum atomic E-state index is -1.01. The third kappa shape index (κ3) is 8.69. The van der Waals surface area contributed by atoms with Crippen molar-refractivity contribution in [3.8, 4) is 22.5 Å². The zero-order chi connectivity index (χ0) is 50.5. The number of nitrogens with one attached hydrogen (secondary N) is 2. The van der Waals surface area contributed by atoms with Crippen molar-refractivity contribution >= 4 is 40.0 Å². The van der Waals surface area contributed by atoms with Gasteiger partial charge in [0.1, 0.15) is 23.4 Å². The van der Waals surface area contributed by atoms with Gasteiger partial charge in [-0.05, 0) is 126 Å². The molecule has 386 valence electrons. The molecule has 4 saturated heterocycles. The van der Waals surface area contributed by atoms with E-state index in [0.717, 1.165) is 103 Å². The zero-order valence-corrected chi connectivity index (χ0v) is 44.2. The normalized spacial score (nSPS) is 30.8. The van der Waals surface area contributed by atoms with Crippen molar-refractivity contribution in [2.75, 3.05) is 67.1 Å². The molecule has 0 radical (unpaired) electrons. The van der Waals surface area contributed by atoms with E-state index in [4.69, 9.17) is 19.4 Å². The number of hydrogen-bond donors (Lipinski definition) is 2. The summed E-state index contributed by atoms with van der Waals surface area (Å²) in [6, 6.07) is 10.9. The number of thiazole rings is 1. The largest absolute Gasteiger partial charge is 0.464 e. The Morgan fingerprint density at radius 2 is 1.84 bits per heavy atom. The number of carbonyl (C=O) groups excluding carboxylic acids is 3. The number of carbonyl (C=O) groups is 3. The molecule has 16 nitrogen and oxygen atoms in total. The van der Waals surface area contributed by atoms with Gasteiger partial charge in [-0.25, -0.2) is 20.4 Å². The summed E-state index contributed by atoms with van der Waals surface area (Å²) in [6.07, 6.45) is 11.0. The molecule has 9 heterocycles. The SMILES string of the molecule is CO[C@@H](C)c1ncccc1-c1c2c3cc(ccc3n1C1C[C@@H]3CN(C)C[C@@H]3C1)-c1csc(n1)[C@@H](N1CC3(CCCN3C)C1)[C@H](NC(=O)[C@@H]1[C@@H](C)[C@H]1c1ccncn1)C(=O)N1CCC[C@H](N1)C(=O)OCC(C)(C)C2. The number of pyridine rings is 1. The van der Waals surface area contributed by atoms with Crippen molar-refractivity contribution in [3.63, 3.8) is 0 Å².